The van der Waals surface area contributed by atoms with E-state index in [1.54, 1.807) is 0 Å². The molecule has 34 heavy (non-hydrogen) atoms. The zero-order valence-electron chi connectivity index (χ0n) is 20.0. The Morgan fingerprint density at radius 1 is 0.471 bits per heavy atom. The van der Waals surface area contributed by atoms with Crippen molar-refractivity contribution in [1.29, 1.82) is 0 Å². The largest absolute Gasteiger partial charge is 0.0652 e. The SMILES string of the molecule is CC1=Cc2c(-c3ccccc3)cccc2C1CCC1C(C)=Cc2c(-c3ccccc3)cccc21. The fourth-order valence-electron chi connectivity index (χ4n) is 6.08. The molecule has 0 heteroatoms. The maximum absolute atomic E-state index is 2.43. The Hall–Kier alpha value is -3.64. The second kappa shape index (κ2) is 8.61. The molecule has 4 aromatic carbocycles. The van der Waals surface area contributed by atoms with Crippen molar-refractivity contribution in [3.63, 3.8) is 0 Å². The minimum atomic E-state index is 0.507. The predicted molar refractivity (Wildman–Crippen MR) is 146 cm³/mol. The van der Waals surface area contributed by atoms with Crippen molar-refractivity contribution in [1.82, 2.24) is 0 Å². The summed E-state index contributed by atoms with van der Waals surface area (Å²) in [4.78, 5) is 0. The quantitative estimate of drug-likeness (QED) is 0.291. The highest BCUT2D eigenvalue weighted by molar-refractivity contribution is 5.83. The summed E-state index contributed by atoms with van der Waals surface area (Å²) in [5.41, 5.74) is 14.1. The smallest absolute Gasteiger partial charge is 0.00552 e. The van der Waals surface area contributed by atoms with Crippen LogP contribution < -0.4 is 0 Å². The van der Waals surface area contributed by atoms with Crippen LogP contribution in [0.1, 0.15) is 60.8 Å². The fraction of sp³-hybridized carbons (Fsp3) is 0.176. The molecule has 2 atom stereocenters. The summed E-state index contributed by atoms with van der Waals surface area (Å²) in [6.45, 7) is 4.64. The van der Waals surface area contributed by atoms with E-state index < -0.39 is 0 Å². The Labute approximate surface area is 203 Å². The van der Waals surface area contributed by atoms with Crippen molar-refractivity contribution in [2.75, 3.05) is 0 Å². The molecule has 166 valence electrons. The molecule has 2 unspecified atom stereocenters. The average molecular weight is 439 g/mol. The third-order valence-electron chi connectivity index (χ3n) is 7.79. The Bertz CT molecular complexity index is 1290. The first-order chi connectivity index (χ1) is 16.7. The minimum absolute atomic E-state index is 0.507. The molecule has 2 aliphatic carbocycles. The lowest BCUT2D eigenvalue weighted by Gasteiger charge is -2.20. The molecule has 2 aliphatic rings. The lowest BCUT2D eigenvalue weighted by atomic mass is 9.83. The highest BCUT2D eigenvalue weighted by Crippen LogP contribution is 2.47. The number of fused-ring (bicyclic) bond motifs is 2. The second-order valence-electron chi connectivity index (χ2n) is 9.81. The maximum Gasteiger partial charge on any atom is 0.00552 e. The monoisotopic (exact) mass is 438 g/mol. The van der Waals surface area contributed by atoms with Gasteiger partial charge in [0.1, 0.15) is 0 Å². The van der Waals surface area contributed by atoms with E-state index in [1.807, 2.05) is 0 Å². The first-order valence-corrected chi connectivity index (χ1v) is 12.4. The molecular weight excluding hydrogens is 408 g/mol. The Balaban J connectivity index is 1.28. The number of hydrogen-bond donors (Lipinski definition) is 0. The summed E-state index contributed by atoms with van der Waals surface area (Å²) in [5, 5.41) is 0. The van der Waals surface area contributed by atoms with Crippen molar-refractivity contribution >= 4 is 12.2 Å². The average Bonchev–Trinajstić information content (AvgIpc) is 3.38. The number of benzene rings is 4. The van der Waals surface area contributed by atoms with E-state index in [4.69, 9.17) is 0 Å². The van der Waals surface area contributed by atoms with Gasteiger partial charge in [-0.2, -0.15) is 0 Å². The molecule has 0 spiro atoms. The molecule has 0 bridgehead atoms. The zero-order valence-corrected chi connectivity index (χ0v) is 20.0. The van der Waals surface area contributed by atoms with E-state index in [0.717, 1.165) is 0 Å². The molecule has 0 radical (unpaired) electrons. The lowest BCUT2D eigenvalue weighted by molar-refractivity contribution is 0.611. The molecule has 0 fully saturated rings. The Morgan fingerprint density at radius 3 is 1.29 bits per heavy atom. The molecular formula is C34H30. The van der Waals surface area contributed by atoms with Gasteiger partial charge >= 0.3 is 0 Å². The molecule has 4 aromatic rings. The van der Waals surface area contributed by atoms with Crippen LogP contribution in [0.5, 0.6) is 0 Å². The van der Waals surface area contributed by atoms with Gasteiger partial charge in [-0.05, 0) is 71.2 Å². The molecule has 0 heterocycles. The van der Waals surface area contributed by atoms with Gasteiger partial charge in [-0.3, -0.25) is 0 Å². The summed E-state index contributed by atoms with van der Waals surface area (Å²) < 4.78 is 0. The van der Waals surface area contributed by atoms with Gasteiger partial charge in [0.2, 0.25) is 0 Å². The van der Waals surface area contributed by atoms with E-state index in [-0.39, 0.29) is 0 Å². The summed E-state index contributed by atoms with van der Waals surface area (Å²) in [6.07, 6.45) is 7.22. The van der Waals surface area contributed by atoms with Gasteiger partial charge in [0, 0.05) is 11.8 Å². The van der Waals surface area contributed by atoms with E-state index >= 15 is 0 Å². The van der Waals surface area contributed by atoms with E-state index in [9.17, 15) is 0 Å². The van der Waals surface area contributed by atoms with Gasteiger partial charge < -0.3 is 0 Å². The van der Waals surface area contributed by atoms with Gasteiger partial charge in [0.05, 0.1) is 0 Å². The van der Waals surface area contributed by atoms with E-state index in [2.05, 4.69) is 123 Å². The standard InChI is InChI=1S/C34H30/c1-23-21-33-29(25-11-5-3-6-12-25)15-9-17-31(33)27(23)19-20-28-24(2)22-34-30(16-10-18-32(28)34)26-13-7-4-8-14-26/h3-18,21-22,27-28H,19-20H2,1-2H3. The summed E-state index contributed by atoms with van der Waals surface area (Å²) in [7, 11) is 0. The molecule has 0 saturated heterocycles. The lowest BCUT2D eigenvalue weighted by Crippen LogP contribution is -2.03. The van der Waals surface area contributed by atoms with E-state index in [1.165, 1.54) is 68.5 Å². The van der Waals surface area contributed by atoms with Crippen LogP contribution >= 0.6 is 0 Å². The zero-order chi connectivity index (χ0) is 23.1. The fourth-order valence-corrected chi connectivity index (χ4v) is 6.08. The van der Waals surface area contributed by atoms with Gasteiger partial charge in [0.15, 0.2) is 0 Å². The summed E-state index contributed by atoms with van der Waals surface area (Å²) >= 11 is 0. The van der Waals surface area contributed by atoms with Crippen LogP contribution in [0.4, 0.5) is 0 Å². The Morgan fingerprint density at radius 2 is 0.882 bits per heavy atom. The normalized spacial score (nSPS) is 18.3. The first-order valence-electron chi connectivity index (χ1n) is 12.4. The number of allylic oxidation sites excluding steroid dienone is 2. The summed E-state index contributed by atoms with van der Waals surface area (Å²) in [5.74, 6) is 1.01. The van der Waals surface area contributed by atoms with Crippen LogP contribution in [0.2, 0.25) is 0 Å². The van der Waals surface area contributed by atoms with Crippen LogP contribution in [-0.2, 0) is 0 Å². The molecule has 0 saturated carbocycles. The molecule has 6 rings (SSSR count). The van der Waals surface area contributed by atoms with E-state index in [0.29, 0.717) is 11.8 Å². The van der Waals surface area contributed by atoms with Crippen molar-refractivity contribution in [3.8, 4) is 22.3 Å². The van der Waals surface area contributed by atoms with Crippen LogP contribution in [0.15, 0.2) is 108 Å². The second-order valence-corrected chi connectivity index (χ2v) is 9.81. The molecule has 0 aliphatic heterocycles. The third kappa shape index (κ3) is 3.55. The van der Waals surface area contributed by atoms with Crippen molar-refractivity contribution in [3.05, 3.63) is 130 Å². The van der Waals surface area contributed by atoms with Crippen LogP contribution in [-0.4, -0.2) is 0 Å². The maximum atomic E-state index is 2.43. The molecule has 0 amide bonds. The number of hydrogen-bond acceptors (Lipinski definition) is 0. The topological polar surface area (TPSA) is 0 Å². The van der Waals surface area contributed by atoms with Crippen molar-refractivity contribution in [2.24, 2.45) is 0 Å². The van der Waals surface area contributed by atoms with Crippen LogP contribution in [0.3, 0.4) is 0 Å². The van der Waals surface area contributed by atoms with Gasteiger partial charge in [-0.25, -0.2) is 0 Å². The van der Waals surface area contributed by atoms with Crippen LogP contribution in [0.25, 0.3) is 34.4 Å². The minimum Gasteiger partial charge on any atom is -0.0652 e. The Kier molecular flexibility index (Phi) is 5.30. The van der Waals surface area contributed by atoms with Crippen molar-refractivity contribution in [2.45, 2.75) is 38.5 Å². The third-order valence-corrected chi connectivity index (χ3v) is 7.79. The van der Waals surface area contributed by atoms with Gasteiger partial charge in [-0.1, -0.05) is 120 Å². The number of rotatable bonds is 5. The van der Waals surface area contributed by atoms with Gasteiger partial charge in [0.25, 0.3) is 0 Å². The predicted octanol–water partition coefficient (Wildman–Crippen LogP) is 9.50. The first kappa shape index (κ1) is 20.9. The molecule has 0 nitrogen and oxygen atoms in total. The highest BCUT2D eigenvalue weighted by Gasteiger charge is 2.29. The molecule has 0 aromatic heterocycles. The van der Waals surface area contributed by atoms with Crippen LogP contribution in [0, 0.1) is 0 Å². The van der Waals surface area contributed by atoms with Crippen molar-refractivity contribution < 1.29 is 0 Å². The van der Waals surface area contributed by atoms with Gasteiger partial charge in [-0.15, -0.1) is 0 Å². The summed E-state index contributed by atoms with van der Waals surface area (Å²) in [6, 6.07) is 35.3. The highest BCUT2D eigenvalue weighted by atomic mass is 14.3. The molecule has 0 N–H and O–H groups in total.